The van der Waals surface area contributed by atoms with Gasteiger partial charge in [0.25, 0.3) is 5.91 Å². The molecule has 0 saturated heterocycles. The Morgan fingerprint density at radius 2 is 1.70 bits per heavy atom. The number of aromatic nitrogens is 1. The number of methoxy groups -OCH3 is 3. The van der Waals surface area contributed by atoms with Gasteiger partial charge >= 0.3 is 0 Å². The smallest absolute Gasteiger partial charge is 0.276 e. The largest absolute Gasteiger partial charge is 0.497 e. The molecule has 2 heterocycles. The fourth-order valence-electron chi connectivity index (χ4n) is 4.40. The molecule has 1 atom stereocenters. The topological polar surface area (TPSA) is 73.2 Å². The summed E-state index contributed by atoms with van der Waals surface area (Å²) in [5, 5.41) is 7.66. The molecule has 1 unspecified atom stereocenters. The van der Waals surface area contributed by atoms with Gasteiger partial charge in [0.15, 0.2) is 11.5 Å². The van der Waals surface area contributed by atoms with Gasteiger partial charge in [-0.05, 0) is 54.6 Å². The second kappa shape index (κ2) is 10.3. The summed E-state index contributed by atoms with van der Waals surface area (Å²) in [5.74, 6) is 1.52. The second-order valence-electron chi connectivity index (χ2n) is 8.39. The van der Waals surface area contributed by atoms with Crippen molar-refractivity contribution in [3.8, 4) is 17.2 Å². The number of hydrazone groups is 1. The fraction of sp³-hybridized carbons (Fsp3) is 0.179. The summed E-state index contributed by atoms with van der Waals surface area (Å²) in [7, 11) is 4.76. The average molecular weight is 536 g/mol. The zero-order chi connectivity index (χ0) is 26.1. The predicted octanol–water partition coefficient (Wildman–Crippen LogP) is 6.56. The first-order chi connectivity index (χ1) is 17.9. The van der Waals surface area contributed by atoms with Crippen LogP contribution in [0.5, 0.6) is 17.2 Å². The molecule has 5 rings (SSSR count). The van der Waals surface area contributed by atoms with E-state index in [-0.39, 0.29) is 5.91 Å². The van der Waals surface area contributed by atoms with Gasteiger partial charge in [-0.25, -0.2) is 9.99 Å². The standard InChI is InChI=1S/C28H23Cl2N3O4/c1-35-18-9-10-22-17(12-18)13-20(27(30)31-22)24-15-23(16-8-11-25(36-2)26(14-16)37-3)32-33(24)28(34)19-6-4-5-7-21(19)29/h4-14,24H,15H2,1-3H3. The average Bonchev–Trinajstić information content (AvgIpc) is 3.37. The molecule has 7 nitrogen and oxygen atoms in total. The zero-order valence-corrected chi connectivity index (χ0v) is 21.9. The summed E-state index contributed by atoms with van der Waals surface area (Å²) < 4.78 is 16.2. The van der Waals surface area contributed by atoms with E-state index in [0.29, 0.717) is 50.7 Å². The lowest BCUT2D eigenvalue weighted by Gasteiger charge is -2.23. The van der Waals surface area contributed by atoms with Crippen LogP contribution in [0.1, 0.15) is 33.9 Å². The summed E-state index contributed by atoms with van der Waals surface area (Å²) in [6.45, 7) is 0. The molecule has 0 aliphatic carbocycles. The molecule has 4 aromatic rings. The number of rotatable bonds is 6. The Hall–Kier alpha value is -3.81. The van der Waals surface area contributed by atoms with Gasteiger partial charge in [-0.2, -0.15) is 5.10 Å². The normalized spacial score (nSPS) is 15.0. The molecular weight excluding hydrogens is 513 g/mol. The highest BCUT2D eigenvalue weighted by atomic mass is 35.5. The van der Waals surface area contributed by atoms with Crippen molar-refractivity contribution in [3.05, 3.63) is 93.6 Å². The third-order valence-corrected chi connectivity index (χ3v) is 6.93. The molecule has 0 spiro atoms. The number of carbonyl (C=O) groups excluding carboxylic acids is 1. The number of amides is 1. The van der Waals surface area contributed by atoms with Crippen LogP contribution in [0.4, 0.5) is 0 Å². The molecule has 1 amide bonds. The van der Waals surface area contributed by atoms with Gasteiger partial charge in [0.1, 0.15) is 10.9 Å². The molecule has 0 fully saturated rings. The number of nitrogens with zero attached hydrogens (tertiary/aromatic N) is 3. The van der Waals surface area contributed by atoms with Crippen LogP contribution in [0, 0.1) is 0 Å². The van der Waals surface area contributed by atoms with Crippen LogP contribution in [0.3, 0.4) is 0 Å². The third kappa shape index (κ3) is 4.68. The number of ether oxygens (including phenoxy) is 3. The Kier molecular flexibility index (Phi) is 6.91. The first kappa shape index (κ1) is 24.9. The lowest BCUT2D eigenvalue weighted by atomic mass is 9.97. The second-order valence-corrected chi connectivity index (χ2v) is 9.16. The number of benzene rings is 3. The molecular formula is C28H23Cl2N3O4. The molecule has 37 heavy (non-hydrogen) atoms. The van der Waals surface area contributed by atoms with Gasteiger partial charge in [-0.3, -0.25) is 4.79 Å². The van der Waals surface area contributed by atoms with Crippen LogP contribution in [0.2, 0.25) is 10.2 Å². The minimum absolute atomic E-state index is 0.295. The van der Waals surface area contributed by atoms with E-state index < -0.39 is 6.04 Å². The summed E-state index contributed by atoms with van der Waals surface area (Å²) in [6.07, 6.45) is 0.405. The first-order valence-electron chi connectivity index (χ1n) is 11.5. The highest BCUT2D eigenvalue weighted by molar-refractivity contribution is 6.34. The van der Waals surface area contributed by atoms with Crippen LogP contribution in [-0.4, -0.2) is 42.9 Å². The highest BCUT2D eigenvalue weighted by Crippen LogP contribution is 2.40. The summed E-state index contributed by atoms with van der Waals surface area (Å²) in [6, 6.07) is 19.4. The Bertz CT molecular complexity index is 1540. The van der Waals surface area contributed by atoms with Crippen molar-refractivity contribution in [1.29, 1.82) is 0 Å². The zero-order valence-electron chi connectivity index (χ0n) is 20.4. The summed E-state index contributed by atoms with van der Waals surface area (Å²) in [4.78, 5) is 18.3. The number of fused-ring (bicyclic) bond motifs is 1. The molecule has 0 bridgehead atoms. The van der Waals surface area contributed by atoms with Crippen molar-refractivity contribution in [1.82, 2.24) is 9.99 Å². The number of hydrogen-bond acceptors (Lipinski definition) is 6. The molecule has 1 aliphatic rings. The number of hydrogen-bond donors (Lipinski definition) is 0. The van der Waals surface area contributed by atoms with Gasteiger partial charge in [0.05, 0.1) is 49.2 Å². The van der Waals surface area contributed by atoms with Crippen molar-refractivity contribution in [2.24, 2.45) is 5.10 Å². The maximum Gasteiger partial charge on any atom is 0.276 e. The Labute approximate surface area is 224 Å². The van der Waals surface area contributed by atoms with E-state index >= 15 is 0 Å². The Morgan fingerprint density at radius 1 is 0.919 bits per heavy atom. The lowest BCUT2D eigenvalue weighted by molar-refractivity contribution is 0.0711. The maximum absolute atomic E-state index is 13.7. The SMILES string of the molecule is COc1ccc2nc(Cl)c(C3CC(c4ccc(OC)c(OC)c4)=NN3C(=O)c3ccccc3Cl)cc2c1. The molecule has 0 saturated carbocycles. The molecule has 1 aromatic heterocycles. The van der Waals surface area contributed by atoms with E-state index in [1.54, 1.807) is 51.7 Å². The van der Waals surface area contributed by atoms with Crippen LogP contribution in [0.15, 0.2) is 71.8 Å². The molecule has 0 N–H and O–H groups in total. The van der Waals surface area contributed by atoms with E-state index in [9.17, 15) is 4.79 Å². The monoisotopic (exact) mass is 535 g/mol. The predicted molar refractivity (Wildman–Crippen MR) is 144 cm³/mol. The third-order valence-electron chi connectivity index (χ3n) is 6.30. The molecule has 0 radical (unpaired) electrons. The van der Waals surface area contributed by atoms with Crippen molar-refractivity contribution >= 4 is 45.7 Å². The van der Waals surface area contributed by atoms with Crippen molar-refractivity contribution in [2.75, 3.05) is 21.3 Å². The van der Waals surface area contributed by atoms with Gasteiger partial charge in [0.2, 0.25) is 0 Å². The summed E-state index contributed by atoms with van der Waals surface area (Å²) in [5.41, 5.74) is 3.22. The number of carbonyl (C=O) groups is 1. The van der Waals surface area contributed by atoms with Crippen LogP contribution >= 0.6 is 23.2 Å². The van der Waals surface area contributed by atoms with E-state index in [1.165, 1.54) is 5.01 Å². The van der Waals surface area contributed by atoms with Crippen molar-refractivity contribution in [2.45, 2.75) is 12.5 Å². The Balaban J connectivity index is 1.62. The quantitative estimate of drug-likeness (QED) is 0.261. The first-order valence-corrected chi connectivity index (χ1v) is 12.2. The molecule has 9 heteroatoms. The van der Waals surface area contributed by atoms with Crippen LogP contribution in [-0.2, 0) is 0 Å². The van der Waals surface area contributed by atoms with Gasteiger partial charge in [0, 0.05) is 22.9 Å². The van der Waals surface area contributed by atoms with Gasteiger partial charge in [-0.15, -0.1) is 0 Å². The van der Waals surface area contributed by atoms with E-state index in [2.05, 4.69) is 4.98 Å². The van der Waals surface area contributed by atoms with Crippen molar-refractivity contribution < 1.29 is 19.0 Å². The summed E-state index contributed by atoms with van der Waals surface area (Å²) >= 11 is 13.1. The lowest BCUT2D eigenvalue weighted by Crippen LogP contribution is -2.27. The maximum atomic E-state index is 13.7. The minimum atomic E-state index is -0.512. The Morgan fingerprint density at radius 3 is 2.43 bits per heavy atom. The fourth-order valence-corrected chi connectivity index (χ4v) is 4.88. The number of halogens is 2. The van der Waals surface area contributed by atoms with E-state index in [4.69, 9.17) is 42.5 Å². The van der Waals surface area contributed by atoms with Gasteiger partial charge in [-0.1, -0.05) is 35.3 Å². The molecule has 3 aromatic carbocycles. The molecule has 188 valence electrons. The highest BCUT2D eigenvalue weighted by Gasteiger charge is 2.36. The van der Waals surface area contributed by atoms with Gasteiger partial charge < -0.3 is 14.2 Å². The van der Waals surface area contributed by atoms with Crippen molar-refractivity contribution in [3.63, 3.8) is 0 Å². The van der Waals surface area contributed by atoms with E-state index in [1.807, 2.05) is 36.4 Å². The van der Waals surface area contributed by atoms with Crippen LogP contribution in [0.25, 0.3) is 10.9 Å². The number of pyridine rings is 1. The molecule has 1 aliphatic heterocycles. The minimum Gasteiger partial charge on any atom is -0.497 e. The van der Waals surface area contributed by atoms with E-state index in [0.717, 1.165) is 16.5 Å². The van der Waals surface area contributed by atoms with Crippen LogP contribution < -0.4 is 14.2 Å².